The van der Waals surface area contributed by atoms with Crippen LogP contribution in [0.15, 0.2) is 27.9 Å². The van der Waals surface area contributed by atoms with Gasteiger partial charge in [-0.05, 0) is 31.1 Å². The SMILES string of the molecule is N#CC1=C(C(F)(F)F)C=C(N=C=S)CC1. The van der Waals surface area contributed by atoms with E-state index >= 15 is 0 Å². The molecule has 0 spiro atoms. The second kappa shape index (κ2) is 4.39. The highest BCUT2D eigenvalue weighted by Crippen LogP contribution is 2.35. The number of nitriles is 1. The normalized spacial score (nSPS) is 16.5. The highest BCUT2D eigenvalue weighted by molar-refractivity contribution is 7.78. The van der Waals surface area contributed by atoms with Crippen LogP contribution in [0.1, 0.15) is 12.8 Å². The van der Waals surface area contributed by atoms with Gasteiger partial charge in [0.1, 0.15) is 0 Å². The third kappa shape index (κ3) is 2.75. The van der Waals surface area contributed by atoms with E-state index in [0.717, 1.165) is 6.08 Å². The smallest absolute Gasteiger partial charge is 0.199 e. The van der Waals surface area contributed by atoms with E-state index in [4.69, 9.17) is 5.26 Å². The molecule has 78 valence electrons. The molecule has 0 saturated carbocycles. The fourth-order valence-corrected chi connectivity index (χ4v) is 1.35. The van der Waals surface area contributed by atoms with Gasteiger partial charge >= 0.3 is 6.18 Å². The summed E-state index contributed by atoms with van der Waals surface area (Å²) >= 11 is 4.30. The molecule has 0 atom stereocenters. The standard InChI is InChI=1S/C9H5F3N2S/c10-9(11,12)8-3-7(14-5-15)2-1-6(8)4-13/h3H,1-2H2. The first-order chi connectivity index (χ1) is 6.99. The molecule has 1 aliphatic carbocycles. The van der Waals surface area contributed by atoms with Gasteiger partial charge in [0.25, 0.3) is 0 Å². The zero-order chi connectivity index (χ0) is 11.5. The van der Waals surface area contributed by atoms with E-state index in [9.17, 15) is 13.2 Å². The monoisotopic (exact) mass is 230 g/mol. The van der Waals surface area contributed by atoms with E-state index in [1.165, 1.54) is 0 Å². The van der Waals surface area contributed by atoms with Crippen LogP contribution in [-0.4, -0.2) is 11.3 Å². The van der Waals surface area contributed by atoms with Crippen molar-refractivity contribution in [2.75, 3.05) is 0 Å². The second-order valence-electron chi connectivity index (χ2n) is 2.84. The first-order valence-electron chi connectivity index (χ1n) is 3.98. The Hall–Kier alpha value is -1.44. The van der Waals surface area contributed by atoms with Gasteiger partial charge in [0, 0.05) is 5.57 Å². The number of hydrogen-bond donors (Lipinski definition) is 0. The number of nitrogens with zero attached hydrogens (tertiary/aromatic N) is 2. The lowest BCUT2D eigenvalue weighted by Crippen LogP contribution is -2.15. The molecule has 1 rings (SSSR count). The molecule has 0 fully saturated rings. The third-order valence-electron chi connectivity index (χ3n) is 1.90. The Bertz CT molecular complexity index is 420. The van der Waals surface area contributed by atoms with Gasteiger partial charge in [0.15, 0.2) is 0 Å². The number of rotatable bonds is 1. The largest absolute Gasteiger partial charge is 0.417 e. The highest BCUT2D eigenvalue weighted by Gasteiger charge is 2.36. The van der Waals surface area contributed by atoms with Crippen molar-refractivity contribution in [1.82, 2.24) is 0 Å². The van der Waals surface area contributed by atoms with Crippen LogP contribution >= 0.6 is 12.2 Å². The number of hydrogen-bond acceptors (Lipinski definition) is 3. The minimum absolute atomic E-state index is 0.0394. The van der Waals surface area contributed by atoms with E-state index < -0.39 is 11.7 Å². The average molecular weight is 230 g/mol. The van der Waals surface area contributed by atoms with Gasteiger partial charge in [-0.1, -0.05) is 0 Å². The van der Waals surface area contributed by atoms with Crippen molar-refractivity contribution in [2.24, 2.45) is 4.99 Å². The van der Waals surface area contributed by atoms with Crippen molar-refractivity contribution in [2.45, 2.75) is 19.0 Å². The zero-order valence-electron chi connectivity index (χ0n) is 7.43. The zero-order valence-corrected chi connectivity index (χ0v) is 8.24. The van der Waals surface area contributed by atoms with Crippen molar-refractivity contribution in [3.63, 3.8) is 0 Å². The molecule has 0 aromatic rings. The summed E-state index contributed by atoms with van der Waals surface area (Å²) in [5.74, 6) is 0. The molecule has 0 aromatic heterocycles. The van der Waals surface area contributed by atoms with Crippen molar-refractivity contribution in [1.29, 1.82) is 5.26 Å². The summed E-state index contributed by atoms with van der Waals surface area (Å²) in [5, 5.41) is 10.5. The van der Waals surface area contributed by atoms with Gasteiger partial charge in [-0.3, -0.25) is 0 Å². The van der Waals surface area contributed by atoms with E-state index in [1.54, 1.807) is 6.07 Å². The van der Waals surface area contributed by atoms with Crippen molar-refractivity contribution in [3.05, 3.63) is 22.9 Å². The number of allylic oxidation sites excluding steroid dienone is 4. The van der Waals surface area contributed by atoms with Crippen LogP contribution in [0.2, 0.25) is 0 Å². The molecule has 1 aliphatic rings. The number of thiocarbonyl (C=S) groups is 1. The number of alkyl halides is 3. The van der Waals surface area contributed by atoms with E-state index in [1.807, 2.05) is 5.16 Å². The molecule has 6 heteroatoms. The fraction of sp³-hybridized carbons (Fsp3) is 0.333. The third-order valence-corrected chi connectivity index (χ3v) is 1.99. The van der Waals surface area contributed by atoms with Crippen molar-refractivity contribution >= 4 is 17.4 Å². The van der Waals surface area contributed by atoms with Crippen molar-refractivity contribution < 1.29 is 13.2 Å². The van der Waals surface area contributed by atoms with Crippen LogP contribution in [0.4, 0.5) is 13.2 Å². The van der Waals surface area contributed by atoms with Gasteiger partial charge in [0.2, 0.25) is 0 Å². The van der Waals surface area contributed by atoms with E-state index in [0.29, 0.717) is 0 Å². The van der Waals surface area contributed by atoms with Gasteiger partial charge in [0.05, 0.1) is 22.5 Å². The summed E-state index contributed by atoms with van der Waals surface area (Å²) in [6.07, 6.45) is -3.35. The molecule has 0 saturated heterocycles. The Morgan fingerprint density at radius 2 is 2.07 bits per heavy atom. The lowest BCUT2D eigenvalue weighted by atomic mass is 9.96. The quantitative estimate of drug-likeness (QED) is 0.512. The maximum Gasteiger partial charge on any atom is 0.417 e. The highest BCUT2D eigenvalue weighted by atomic mass is 32.1. The maximum absolute atomic E-state index is 12.5. The van der Waals surface area contributed by atoms with Crippen LogP contribution in [0.3, 0.4) is 0 Å². The number of halogens is 3. The topological polar surface area (TPSA) is 36.1 Å². The molecule has 0 aliphatic heterocycles. The average Bonchev–Trinajstić information content (AvgIpc) is 2.17. The predicted molar refractivity (Wildman–Crippen MR) is 51.0 cm³/mol. The first kappa shape index (κ1) is 11.6. The Balaban J connectivity index is 3.21. The Labute approximate surface area is 89.4 Å². The summed E-state index contributed by atoms with van der Waals surface area (Å²) in [5.41, 5.74) is -0.984. The van der Waals surface area contributed by atoms with Crippen LogP contribution < -0.4 is 0 Å². The minimum Gasteiger partial charge on any atom is -0.199 e. The van der Waals surface area contributed by atoms with Crippen LogP contribution in [0.25, 0.3) is 0 Å². The van der Waals surface area contributed by atoms with E-state index in [-0.39, 0.29) is 24.1 Å². The number of aliphatic imine (C=N–C) groups is 1. The first-order valence-corrected chi connectivity index (χ1v) is 4.38. The lowest BCUT2D eigenvalue weighted by molar-refractivity contribution is -0.0891. The molecule has 2 nitrogen and oxygen atoms in total. The summed E-state index contributed by atoms with van der Waals surface area (Å²) in [4.78, 5) is 3.50. The number of isothiocyanates is 1. The predicted octanol–water partition coefficient (Wildman–Crippen LogP) is 3.15. The van der Waals surface area contributed by atoms with Crippen molar-refractivity contribution in [3.8, 4) is 6.07 Å². The second-order valence-corrected chi connectivity index (χ2v) is 3.02. The van der Waals surface area contributed by atoms with Gasteiger partial charge in [-0.2, -0.15) is 23.4 Å². The molecule has 0 heterocycles. The van der Waals surface area contributed by atoms with Gasteiger partial charge < -0.3 is 0 Å². The Morgan fingerprint density at radius 3 is 2.53 bits per heavy atom. The van der Waals surface area contributed by atoms with Crippen LogP contribution in [0.5, 0.6) is 0 Å². The molecule has 0 amide bonds. The maximum atomic E-state index is 12.5. The molecule has 0 unspecified atom stereocenters. The summed E-state index contributed by atoms with van der Waals surface area (Å²) in [6, 6.07) is 1.55. The minimum atomic E-state index is -4.52. The molecule has 0 N–H and O–H groups in total. The molecule has 0 radical (unpaired) electrons. The summed E-state index contributed by atoms with van der Waals surface area (Å²) in [7, 11) is 0. The van der Waals surface area contributed by atoms with Gasteiger partial charge in [-0.25, -0.2) is 0 Å². The summed E-state index contributed by atoms with van der Waals surface area (Å²) < 4.78 is 37.4. The molecular weight excluding hydrogens is 225 g/mol. The Morgan fingerprint density at radius 1 is 1.40 bits per heavy atom. The molecular formula is C9H5F3N2S. The molecule has 0 bridgehead atoms. The summed E-state index contributed by atoms with van der Waals surface area (Å²) in [6.45, 7) is 0. The van der Waals surface area contributed by atoms with Gasteiger partial charge in [-0.15, -0.1) is 0 Å². The van der Waals surface area contributed by atoms with E-state index in [2.05, 4.69) is 17.2 Å². The molecule has 15 heavy (non-hydrogen) atoms. The lowest BCUT2D eigenvalue weighted by Gasteiger charge is -2.15. The molecule has 0 aromatic carbocycles. The Kier molecular flexibility index (Phi) is 3.40. The van der Waals surface area contributed by atoms with Crippen LogP contribution in [0, 0.1) is 11.3 Å². The fourth-order valence-electron chi connectivity index (χ4n) is 1.23. The van der Waals surface area contributed by atoms with Crippen LogP contribution in [-0.2, 0) is 0 Å².